The maximum absolute atomic E-state index is 5.80. The van der Waals surface area contributed by atoms with E-state index in [4.69, 9.17) is 4.74 Å². The number of hydrogen-bond donors (Lipinski definition) is 1. The third-order valence-corrected chi connectivity index (χ3v) is 2.92. The first-order chi connectivity index (χ1) is 8.87. The van der Waals surface area contributed by atoms with Crippen molar-refractivity contribution in [3.8, 4) is 5.75 Å². The van der Waals surface area contributed by atoms with Crippen molar-refractivity contribution in [1.82, 2.24) is 5.32 Å². The SMILES string of the molecule is CC(C)CCCOc1cccc(CNC(C)(C)C)c1. The Hall–Kier alpha value is -1.02. The van der Waals surface area contributed by atoms with Crippen LogP contribution >= 0.6 is 0 Å². The number of nitrogens with one attached hydrogen (secondary N) is 1. The van der Waals surface area contributed by atoms with Crippen LogP contribution in [0.1, 0.15) is 53.0 Å². The van der Waals surface area contributed by atoms with Gasteiger partial charge in [-0.3, -0.25) is 0 Å². The minimum absolute atomic E-state index is 0.147. The molecule has 0 aliphatic heterocycles. The molecule has 0 aliphatic rings. The van der Waals surface area contributed by atoms with Gasteiger partial charge in [0.25, 0.3) is 0 Å². The molecular formula is C17H29NO. The van der Waals surface area contributed by atoms with E-state index in [1.807, 2.05) is 6.07 Å². The van der Waals surface area contributed by atoms with E-state index >= 15 is 0 Å². The molecule has 1 rings (SSSR count). The fourth-order valence-electron chi connectivity index (χ4n) is 1.79. The molecule has 0 aromatic heterocycles. The molecule has 0 heterocycles. The molecule has 1 aromatic carbocycles. The molecule has 1 aromatic rings. The maximum Gasteiger partial charge on any atom is 0.119 e. The smallest absolute Gasteiger partial charge is 0.119 e. The zero-order valence-corrected chi connectivity index (χ0v) is 13.1. The molecule has 0 radical (unpaired) electrons. The summed E-state index contributed by atoms with van der Waals surface area (Å²) >= 11 is 0. The molecule has 0 bridgehead atoms. The van der Waals surface area contributed by atoms with E-state index in [2.05, 4.69) is 58.1 Å². The minimum atomic E-state index is 0.147. The Bertz CT molecular complexity index is 366. The molecule has 0 amide bonds. The Labute approximate surface area is 118 Å². The van der Waals surface area contributed by atoms with Crippen LogP contribution in [0.5, 0.6) is 5.75 Å². The Morgan fingerprint density at radius 2 is 1.95 bits per heavy atom. The maximum atomic E-state index is 5.80. The summed E-state index contributed by atoms with van der Waals surface area (Å²) in [5.41, 5.74) is 1.42. The van der Waals surface area contributed by atoms with Crippen molar-refractivity contribution in [1.29, 1.82) is 0 Å². The lowest BCUT2D eigenvalue weighted by Crippen LogP contribution is -2.35. The average molecular weight is 263 g/mol. The average Bonchev–Trinajstić information content (AvgIpc) is 2.32. The van der Waals surface area contributed by atoms with Crippen molar-refractivity contribution in [2.24, 2.45) is 5.92 Å². The van der Waals surface area contributed by atoms with Crippen molar-refractivity contribution >= 4 is 0 Å². The van der Waals surface area contributed by atoms with E-state index in [-0.39, 0.29) is 5.54 Å². The van der Waals surface area contributed by atoms with Crippen molar-refractivity contribution < 1.29 is 4.74 Å². The van der Waals surface area contributed by atoms with Crippen LogP contribution in [0.4, 0.5) is 0 Å². The Morgan fingerprint density at radius 3 is 2.58 bits per heavy atom. The van der Waals surface area contributed by atoms with Crippen LogP contribution in [-0.2, 0) is 6.54 Å². The quantitative estimate of drug-likeness (QED) is 0.737. The third kappa shape index (κ3) is 7.89. The van der Waals surface area contributed by atoms with Crippen LogP contribution in [0.2, 0.25) is 0 Å². The summed E-state index contributed by atoms with van der Waals surface area (Å²) in [6.07, 6.45) is 2.35. The van der Waals surface area contributed by atoms with Gasteiger partial charge in [0.1, 0.15) is 5.75 Å². The molecule has 0 aliphatic carbocycles. The van der Waals surface area contributed by atoms with E-state index in [1.165, 1.54) is 12.0 Å². The largest absolute Gasteiger partial charge is 0.494 e. The molecule has 0 spiro atoms. The molecule has 2 nitrogen and oxygen atoms in total. The summed E-state index contributed by atoms with van der Waals surface area (Å²) in [4.78, 5) is 0. The standard InChI is InChI=1S/C17H29NO/c1-14(2)8-7-11-19-16-10-6-9-15(12-16)13-18-17(3,4)5/h6,9-10,12,14,18H,7-8,11,13H2,1-5H3. The lowest BCUT2D eigenvalue weighted by molar-refractivity contribution is 0.297. The highest BCUT2D eigenvalue weighted by molar-refractivity contribution is 5.28. The molecule has 0 unspecified atom stereocenters. The summed E-state index contributed by atoms with van der Waals surface area (Å²) in [5.74, 6) is 1.74. The zero-order chi connectivity index (χ0) is 14.3. The van der Waals surface area contributed by atoms with Gasteiger partial charge in [-0.2, -0.15) is 0 Å². The van der Waals surface area contributed by atoms with Crippen LogP contribution in [0.3, 0.4) is 0 Å². The summed E-state index contributed by atoms with van der Waals surface area (Å²) in [7, 11) is 0. The van der Waals surface area contributed by atoms with Crippen LogP contribution < -0.4 is 10.1 Å². The molecule has 108 valence electrons. The van der Waals surface area contributed by atoms with Crippen molar-refractivity contribution in [2.45, 2.75) is 59.5 Å². The molecule has 1 N–H and O–H groups in total. The van der Waals surface area contributed by atoms with Gasteiger partial charge in [0.2, 0.25) is 0 Å². The number of rotatable bonds is 7. The number of benzene rings is 1. The normalized spacial score (nSPS) is 11.9. The second-order valence-corrected chi connectivity index (χ2v) is 6.64. The highest BCUT2D eigenvalue weighted by Gasteiger charge is 2.08. The van der Waals surface area contributed by atoms with Crippen LogP contribution in [0.15, 0.2) is 24.3 Å². The van der Waals surface area contributed by atoms with Crippen molar-refractivity contribution in [3.63, 3.8) is 0 Å². The molecule has 2 heteroatoms. The first-order valence-electron chi connectivity index (χ1n) is 7.33. The Morgan fingerprint density at radius 1 is 1.21 bits per heavy atom. The van der Waals surface area contributed by atoms with Gasteiger partial charge in [-0.25, -0.2) is 0 Å². The number of ether oxygens (including phenoxy) is 1. The molecule has 0 saturated carbocycles. The highest BCUT2D eigenvalue weighted by atomic mass is 16.5. The monoisotopic (exact) mass is 263 g/mol. The fraction of sp³-hybridized carbons (Fsp3) is 0.647. The van der Waals surface area contributed by atoms with E-state index in [0.717, 1.165) is 31.2 Å². The molecule has 0 atom stereocenters. The summed E-state index contributed by atoms with van der Waals surface area (Å²) in [6, 6.07) is 8.38. The second kappa shape index (κ2) is 7.54. The fourth-order valence-corrected chi connectivity index (χ4v) is 1.79. The van der Waals surface area contributed by atoms with E-state index in [0.29, 0.717) is 0 Å². The van der Waals surface area contributed by atoms with E-state index < -0.39 is 0 Å². The molecule has 0 fully saturated rings. The van der Waals surface area contributed by atoms with Crippen LogP contribution in [0.25, 0.3) is 0 Å². The Kier molecular flexibility index (Phi) is 6.36. The van der Waals surface area contributed by atoms with Gasteiger partial charge in [-0.15, -0.1) is 0 Å². The predicted molar refractivity (Wildman–Crippen MR) is 82.6 cm³/mol. The first kappa shape index (κ1) is 16.0. The molecule has 19 heavy (non-hydrogen) atoms. The van der Waals surface area contributed by atoms with Crippen molar-refractivity contribution in [2.75, 3.05) is 6.61 Å². The topological polar surface area (TPSA) is 21.3 Å². The van der Waals surface area contributed by atoms with E-state index in [9.17, 15) is 0 Å². The van der Waals surface area contributed by atoms with Crippen LogP contribution in [-0.4, -0.2) is 12.1 Å². The molecular weight excluding hydrogens is 234 g/mol. The number of hydrogen-bond acceptors (Lipinski definition) is 2. The molecule has 0 saturated heterocycles. The third-order valence-electron chi connectivity index (χ3n) is 2.92. The van der Waals surface area contributed by atoms with Gasteiger partial charge in [0, 0.05) is 12.1 Å². The summed E-state index contributed by atoms with van der Waals surface area (Å²) in [5, 5.41) is 3.49. The van der Waals surface area contributed by atoms with Crippen molar-refractivity contribution in [3.05, 3.63) is 29.8 Å². The minimum Gasteiger partial charge on any atom is -0.494 e. The van der Waals surface area contributed by atoms with Gasteiger partial charge in [0.15, 0.2) is 0 Å². The summed E-state index contributed by atoms with van der Waals surface area (Å²) in [6.45, 7) is 12.7. The van der Waals surface area contributed by atoms with E-state index in [1.54, 1.807) is 0 Å². The Balaban J connectivity index is 2.39. The first-order valence-corrected chi connectivity index (χ1v) is 7.33. The predicted octanol–water partition coefficient (Wildman–Crippen LogP) is 4.39. The lowest BCUT2D eigenvalue weighted by Gasteiger charge is -2.20. The van der Waals surface area contributed by atoms with Gasteiger partial charge >= 0.3 is 0 Å². The van der Waals surface area contributed by atoms with Gasteiger partial charge < -0.3 is 10.1 Å². The van der Waals surface area contributed by atoms with Gasteiger partial charge in [-0.05, 0) is 57.2 Å². The highest BCUT2D eigenvalue weighted by Crippen LogP contribution is 2.15. The second-order valence-electron chi connectivity index (χ2n) is 6.64. The van der Waals surface area contributed by atoms with Crippen LogP contribution in [0, 0.1) is 5.92 Å². The summed E-state index contributed by atoms with van der Waals surface area (Å²) < 4.78 is 5.80. The lowest BCUT2D eigenvalue weighted by atomic mass is 10.1. The van der Waals surface area contributed by atoms with Gasteiger partial charge in [-0.1, -0.05) is 26.0 Å². The van der Waals surface area contributed by atoms with Gasteiger partial charge in [0.05, 0.1) is 6.61 Å². The zero-order valence-electron chi connectivity index (χ0n) is 13.1.